The van der Waals surface area contributed by atoms with Crippen LogP contribution in [0.4, 0.5) is 0 Å². The summed E-state index contributed by atoms with van der Waals surface area (Å²) in [5.74, 6) is -0.836. The molecule has 3 rings (SSSR count). The van der Waals surface area contributed by atoms with Crippen LogP contribution in [-0.2, 0) is 14.8 Å². The van der Waals surface area contributed by atoms with Gasteiger partial charge in [0.15, 0.2) is 0 Å². The summed E-state index contributed by atoms with van der Waals surface area (Å²) in [6.45, 7) is 10.7. The minimum absolute atomic E-state index is 0.0729. The number of carbonyl (C=O) groups is 1. The van der Waals surface area contributed by atoms with E-state index in [4.69, 9.17) is 9.15 Å². The topological polar surface area (TPSA) is 103 Å². The zero-order valence-electron chi connectivity index (χ0n) is 19.7. The van der Waals surface area contributed by atoms with E-state index in [1.165, 1.54) is 12.1 Å². The SMILES string of the molecule is CC[C@H](C)[C@@H](NS(=O)(=O)c1ccc(C)cc1)C(=O)Oc1ccc2c(C)c(C)c(=O)oc2c1C. The van der Waals surface area contributed by atoms with Crippen LogP contribution < -0.4 is 15.1 Å². The highest BCUT2D eigenvalue weighted by Gasteiger charge is 2.32. The van der Waals surface area contributed by atoms with Gasteiger partial charge in [0.05, 0.1) is 4.90 Å². The minimum atomic E-state index is -3.94. The molecule has 0 amide bonds. The van der Waals surface area contributed by atoms with Crippen LogP contribution in [0.2, 0.25) is 0 Å². The van der Waals surface area contributed by atoms with E-state index in [2.05, 4.69) is 4.72 Å². The number of hydrogen-bond donors (Lipinski definition) is 1. The van der Waals surface area contributed by atoms with Gasteiger partial charge in [0.25, 0.3) is 0 Å². The van der Waals surface area contributed by atoms with E-state index in [0.29, 0.717) is 23.1 Å². The first-order valence-electron chi connectivity index (χ1n) is 10.8. The molecule has 33 heavy (non-hydrogen) atoms. The molecule has 1 N–H and O–H groups in total. The zero-order chi connectivity index (χ0) is 24.5. The third kappa shape index (κ3) is 5.02. The molecule has 3 aromatic rings. The summed E-state index contributed by atoms with van der Waals surface area (Å²) in [7, 11) is -3.94. The lowest BCUT2D eigenvalue weighted by atomic mass is 10.0. The van der Waals surface area contributed by atoms with E-state index in [9.17, 15) is 18.0 Å². The third-order valence-electron chi connectivity index (χ3n) is 6.11. The van der Waals surface area contributed by atoms with Gasteiger partial charge < -0.3 is 9.15 Å². The highest BCUT2D eigenvalue weighted by Crippen LogP contribution is 2.30. The number of benzene rings is 2. The average Bonchev–Trinajstić information content (AvgIpc) is 2.78. The van der Waals surface area contributed by atoms with Crippen molar-refractivity contribution in [3.05, 3.63) is 69.1 Å². The molecule has 0 spiro atoms. The molecule has 0 saturated carbocycles. The Balaban J connectivity index is 1.94. The molecule has 1 heterocycles. The highest BCUT2D eigenvalue weighted by molar-refractivity contribution is 7.89. The van der Waals surface area contributed by atoms with Crippen LogP contribution in [-0.4, -0.2) is 20.4 Å². The molecule has 0 saturated heterocycles. The van der Waals surface area contributed by atoms with E-state index in [1.807, 2.05) is 20.8 Å². The first-order chi connectivity index (χ1) is 15.5. The number of hydrogen-bond acceptors (Lipinski definition) is 6. The van der Waals surface area contributed by atoms with Gasteiger partial charge in [-0.2, -0.15) is 4.72 Å². The molecule has 7 nitrogen and oxygen atoms in total. The lowest BCUT2D eigenvalue weighted by Gasteiger charge is -2.23. The molecule has 2 atom stereocenters. The number of fused-ring (bicyclic) bond motifs is 1. The molecular formula is C25H29NO6S. The molecule has 176 valence electrons. The number of esters is 1. The van der Waals surface area contributed by atoms with Crippen LogP contribution >= 0.6 is 0 Å². The Morgan fingerprint density at radius 3 is 2.24 bits per heavy atom. The van der Waals surface area contributed by atoms with Crippen LogP contribution in [0.3, 0.4) is 0 Å². The number of sulfonamides is 1. The van der Waals surface area contributed by atoms with Crippen molar-refractivity contribution in [3.8, 4) is 5.75 Å². The van der Waals surface area contributed by atoms with Crippen molar-refractivity contribution in [2.24, 2.45) is 5.92 Å². The fourth-order valence-electron chi connectivity index (χ4n) is 3.49. The van der Waals surface area contributed by atoms with Crippen molar-refractivity contribution in [1.82, 2.24) is 4.72 Å². The zero-order valence-corrected chi connectivity index (χ0v) is 20.5. The fraction of sp³-hybridized carbons (Fsp3) is 0.360. The van der Waals surface area contributed by atoms with Crippen LogP contribution in [0.25, 0.3) is 11.0 Å². The van der Waals surface area contributed by atoms with Crippen LogP contribution in [0.1, 0.15) is 42.5 Å². The van der Waals surface area contributed by atoms with Crippen molar-refractivity contribution >= 4 is 27.0 Å². The second-order valence-electron chi connectivity index (χ2n) is 8.42. The Kier molecular flexibility index (Phi) is 7.09. The van der Waals surface area contributed by atoms with E-state index in [0.717, 1.165) is 16.5 Å². The summed E-state index contributed by atoms with van der Waals surface area (Å²) in [6, 6.07) is 8.65. The normalized spacial score (nSPS) is 13.6. The predicted octanol–water partition coefficient (Wildman–Crippen LogP) is 4.33. The van der Waals surface area contributed by atoms with Crippen molar-refractivity contribution in [2.45, 2.75) is 58.9 Å². The maximum absolute atomic E-state index is 13.1. The van der Waals surface area contributed by atoms with Gasteiger partial charge in [-0.1, -0.05) is 38.0 Å². The predicted molar refractivity (Wildman–Crippen MR) is 127 cm³/mol. The van der Waals surface area contributed by atoms with Gasteiger partial charge >= 0.3 is 11.6 Å². The molecule has 0 aliphatic carbocycles. The summed E-state index contributed by atoms with van der Waals surface area (Å²) in [6.07, 6.45) is 0.556. The second kappa shape index (κ2) is 9.49. The standard InChI is InChI=1S/C25H29NO6S/c1-7-15(3)22(26-33(29,30)19-10-8-14(2)9-11-19)25(28)31-21-13-12-20-16(4)17(5)24(27)32-23(20)18(21)6/h8-13,15,22,26H,7H2,1-6H3/t15-,22+/m0/s1. The average molecular weight is 472 g/mol. The minimum Gasteiger partial charge on any atom is -0.425 e. The highest BCUT2D eigenvalue weighted by atomic mass is 32.2. The summed E-state index contributed by atoms with van der Waals surface area (Å²) in [4.78, 5) is 25.3. The second-order valence-corrected chi connectivity index (χ2v) is 10.1. The molecule has 8 heteroatoms. The Morgan fingerprint density at radius 2 is 1.64 bits per heavy atom. The summed E-state index contributed by atoms with van der Waals surface area (Å²) in [5.41, 5.74) is 2.63. The number of ether oxygens (including phenoxy) is 1. The number of nitrogens with one attached hydrogen (secondary N) is 1. The van der Waals surface area contributed by atoms with Gasteiger partial charge in [-0.05, 0) is 63.4 Å². The van der Waals surface area contributed by atoms with Gasteiger partial charge in [-0.15, -0.1) is 0 Å². The Bertz CT molecular complexity index is 1360. The Labute approximate surface area is 193 Å². The Hall–Kier alpha value is -2.97. The molecule has 0 aliphatic heterocycles. The molecule has 0 unspecified atom stereocenters. The summed E-state index contributed by atoms with van der Waals surface area (Å²) >= 11 is 0. The van der Waals surface area contributed by atoms with E-state index in [-0.39, 0.29) is 16.6 Å². The van der Waals surface area contributed by atoms with Gasteiger partial charge in [0.1, 0.15) is 17.4 Å². The molecular weight excluding hydrogens is 442 g/mol. The summed E-state index contributed by atoms with van der Waals surface area (Å²) < 4.78 is 39.4. The first kappa shape index (κ1) is 24.7. The van der Waals surface area contributed by atoms with Crippen molar-refractivity contribution < 1.29 is 22.4 Å². The van der Waals surface area contributed by atoms with Crippen LogP contribution in [0.15, 0.2) is 50.5 Å². The summed E-state index contributed by atoms with van der Waals surface area (Å²) in [5, 5.41) is 0.753. The molecule has 1 aromatic heterocycles. The van der Waals surface area contributed by atoms with Crippen molar-refractivity contribution in [3.63, 3.8) is 0 Å². The van der Waals surface area contributed by atoms with E-state index >= 15 is 0 Å². The van der Waals surface area contributed by atoms with Crippen molar-refractivity contribution in [2.75, 3.05) is 0 Å². The van der Waals surface area contributed by atoms with Gasteiger partial charge in [0.2, 0.25) is 10.0 Å². The number of aryl methyl sites for hydroxylation is 3. The van der Waals surface area contributed by atoms with Gasteiger partial charge in [0, 0.05) is 16.5 Å². The van der Waals surface area contributed by atoms with Crippen LogP contribution in [0, 0.1) is 33.6 Å². The lowest BCUT2D eigenvalue weighted by molar-refractivity contribution is -0.137. The number of rotatable bonds is 7. The quantitative estimate of drug-likeness (QED) is 0.313. The number of carbonyl (C=O) groups excluding carboxylic acids is 1. The molecule has 0 aliphatic rings. The van der Waals surface area contributed by atoms with Crippen LogP contribution in [0.5, 0.6) is 5.75 Å². The van der Waals surface area contributed by atoms with E-state index < -0.39 is 27.7 Å². The van der Waals surface area contributed by atoms with E-state index in [1.54, 1.807) is 45.0 Å². The first-order valence-corrected chi connectivity index (χ1v) is 12.3. The monoisotopic (exact) mass is 471 g/mol. The maximum Gasteiger partial charge on any atom is 0.339 e. The molecule has 0 bridgehead atoms. The fourth-order valence-corrected chi connectivity index (χ4v) is 4.79. The lowest BCUT2D eigenvalue weighted by Crippen LogP contribution is -2.47. The molecule has 2 aromatic carbocycles. The molecule has 0 fully saturated rings. The molecule has 0 radical (unpaired) electrons. The van der Waals surface area contributed by atoms with Crippen molar-refractivity contribution in [1.29, 1.82) is 0 Å². The smallest absolute Gasteiger partial charge is 0.339 e. The third-order valence-corrected chi connectivity index (χ3v) is 7.57. The van der Waals surface area contributed by atoms with Gasteiger partial charge in [-0.3, -0.25) is 0 Å². The Morgan fingerprint density at radius 1 is 1.00 bits per heavy atom. The largest absolute Gasteiger partial charge is 0.425 e. The van der Waals surface area contributed by atoms with Gasteiger partial charge in [-0.25, -0.2) is 18.0 Å². The maximum atomic E-state index is 13.1.